The highest BCUT2D eigenvalue weighted by Crippen LogP contribution is 2.54. The third kappa shape index (κ3) is 4.19. The molecule has 0 radical (unpaired) electrons. The van der Waals surface area contributed by atoms with Gasteiger partial charge in [-0.2, -0.15) is 39.5 Å². The monoisotopic (exact) mass is 411 g/mol. The summed E-state index contributed by atoms with van der Waals surface area (Å²) in [7, 11) is -6.99. The first-order chi connectivity index (χ1) is 10.9. The summed E-state index contributed by atoms with van der Waals surface area (Å²) in [6.45, 7) is 2.47. The minimum Gasteiger partial charge on any atom is -0.351 e. The van der Waals surface area contributed by atoms with Gasteiger partial charge in [-0.05, 0) is 18.2 Å². The summed E-state index contributed by atoms with van der Waals surface area (Å²) in [5, 5.41) is -6.98. The molecule has 0 aliphatic rings. The van der Waals surface area contributed by atoms with Crippen LogP contribution in [0.15, 0.2) is 11.6 Å². The van der Waals surface area contributed by atoms with Gasteiger partial charge in [-0.15, -0.1) is 0 Å². The summed E-state index contributed by atoms with van der Waals surface area (Å²) in [6.07, 6.45) is -5.92. The standard InChI is InChI=1S/C10H10F9NO4S/c1-3-4-5(2)6(21)24-20-25(22,23)10(18,19)8(13,14)7(11,12)9(15,16)17/h4,20H,3H2,1-2H3. The molecule has 0 aromatic rings. The van der Waals surface area contributed by atoms with E-state index in [1.54, 1.807) is 0 Å². The van der Waals surface area contributed by atoms with E-state index in [2.05, 4.69) is 4.84 Å². The van der Waals surface area contributed by atoms with Gasteiger partial charge in [0.15, 0.2) is 0 Å². The molecule has 0 aliphatic carbocycles. The van der Waals surface area contributed by atoms with Crippen LogP contribution in [0.4, 0.5) is 39.5 Å². The third-order valence-electron chi connectivity index (χ3n) is 2.53. The zero-order valence-electron chi connectivity index (χ0n) is 12.2. The van der Waals surface area contributed by atoms with Crippen molar-refractivity contribution in [2.75, 3.05) is 0 Å². The van der Waals surface area contributed by atoms with Gasteiger partial charge in [0, 0.05) is 5.57 Å². The lowest BCUT2D eigenvalue weighted by Crippen LogP contribution is -2.65. The van der Waals surface area contributed by atoms with E-state index in [0.29, 0.717) is 0 Å². The molecule has 15 heteroatoms. The van der Waals surface area contributed by atoms with Crippen molar-refractivity contribution >= 4 is 16.0 Å². The molecule has 0 bridgehead atoms. The Kier molecular flexibility index (Phi) is 6.59. The number of carbonyl (C=O) groups is 1. The lowest BCUT2D eigenvalue weighted by molar-refractivity contribution is -0.382. The maximum absolute atomic E-state index is 13.2. The summed E-state index contributed by atoms with van der Waals surface area (Å²) < 4.78 is 135. The van der Waals surface area contributed by atoms with Crippen molar-refractivity contribution in [2.24, 2.45) is 0 Å². The van der Waals surface area contributed by atoms with Crippen molar-refractivity contribution in [3.63, 3.8) is 0 Å². The van der Waals surface area contributed by atoms with Crippen LogP contribution in [-0.2, 0) is 19.7 Å². The Hall–Kier alpha value is -1.51. The first-order valence-electron chi connectivity index (χ1n) is 5.96. The van der Waals surface area contributed by atoms with Crippen LogP contribution < -0.4 is 4.89 Å². The van der Waals surface area contributed by atoms with E-state index >= 15 is 0 Å². The van der Waals surface area contributed by atoms with E-state index in [4.69, 9.17) is 0 Å². The topological polar surface area (TPSA) is 72.5 Å². The Morgan fingerprint density at radius 1 is 1.00 bits per heavy atom. The zero-order chi connectivity index (χ0) is 20.5. The second kappa shape index (κ2) is 7.01. The normalized spacial score (nSPS) is 15.2. The summed E-state index contributed by atoms with van der Waals surface area (Å²) in [5.74, 6) is -16.5. The van der Waals surface area contributed by atoms with Crippen molar-refractivity contribution in [1.29, 1.82) is 0 Å². The SMILES string of the molecule is CCC=C(C)C(=O)ONS(=O)(=O)C(F)(F)C(F)(F)C(F)(F)C(F)(F)F. The van der Waals surface area contributed by atoms with E-state index in [1.165, 1.54) is 6.92 Å². The number of rotatable bonds is 7. The molecule has 0 unspecified atom stereocenters. The van der Waals surface area contributed by atoms with Crippen LogP contribution in [0.1, 0.15) is 20.3 Å². The Balaban J connectivity index is 5.69. The van der Waals surface area contributed by atoms with Crippen molar-refractivity contribution in [2.45, 2.75) is 43.5 Å². The molecule has 25 heavy (non-hydrogen) atoms. The van der Waals surface area contributed by atoms with Crippen molar-refractivity contribution in [1.82, 2.24) is 4.89 Å². The summed E-state index contributed by atoms with van der Waals surface area (Å²) in [4.78, 5) is 14.8. The highest BCUT2D eigenvalue weighted by atomic mass is 32.2. The average Bonchev–Trinajstić information content (AvgIpc) is 2.43. The Morgan fingerprint density at radius 3 is 1.80 bits per heavy atom. The maximum Gasteiger partial charge on any atom is 0.460 e. The molecule has 148 valence electrons. The minimum absolute atomic E-state index is 0.119. The quantitative estimate of drug-likeness (QED) is 0.397. The fourth-order valence-corrected chi connectivity index (χ4v) is 1.90. The fraction of sp³-hybridized carbons (Fsp3) is 0.700. The first kappa shape index (κ1) is 23.5. The smallest absolute Gasteiger partial charge is 0.351 e. The van der Waals surface area contributed by atoms with Crippen LogP contribution in [0.3, 0.4) is 0 Å². The second-order valence-electron chi connectivity index (χ2n) is 4.43. The molecule has 0 fully saturated rings. The molecule has 0 rings (SSSR count). The van der Waals surface area contributed by atoms with Crippen LogP contribution >= 0.6 is 0 Å². The number of nitrogens with one attached hydrogen (secondary N) is 1. The van der Waals surface area contributed by atoms with Crippen LogP contribution in [0.2, 0.25) is 0 Å². The van der Waals surface area contributed by atoms with E-state index < -0.39 is 39.3 Å². The lowest BCUT2D eigenvalue weighted by Gasteiger charge is -2.32. The molecule has 0 aromatic carbocycles. The molecule has 0 heterocycles. The van der Waals surface area contributed by atoms with Crippen molar-refractivity contribution < 1.29 is 57.6 Å². The van der Waals surface area contributed by atoms with Gasteiger partial charge in [-0.25, -0.2) is 13.2 Å². The molecule has 0 aromatic heterocycles. The van der Waals surface area contributed by atoms with Crippen LogP contribution in [0, 0.1) is 0 Å². The van der Waals surface area contributed by atoms with Gasteiger partial charge in [0.05, 0.1) is 0 Å². The largest absolute Gasteiger partial charge is 0.460 e. The number of hydrogen-bond acceptors (Lipinski definition) is 4. The number of hydrogen-bond donors (Lipinski definition) is 1. The van der Waals surface area contributed by atoms with Gasteiger partial charge in [0.25, 0.3) is 0 Å². The zero-order valence-corrected chi connectivity index (χ0v) is 13.0. The predicted octanol–water partition coefficient (Wildman–Crippen LogP) is 3.15. The van der Waals surface area contributed by atoms with Gasteiger partial charge < -0.3 is 4.84 Å². The number of alkyl halides is 9. The molecule has 0 saturated carbocycles. The molecule has 0 saturated heterocycles. The van der Waals surface area contributed by atoms with Gasteiger partial charge >= 0.3 is 39.3 Å². The summed E-state index contributed by atoms with van der Waals surface area (Å²) in [6, 6.07) is 0. The van der Waals surface area contributed by atoms with Crippen LogP contribution in [0.25, 0.3) is 0 Å². The fourth-order valence-electron chi connectivity index (χ4n) is 1.14. The highest BCUT2D eigenvalue weighted by molar-refractivity contribution is 7.90. The average molecular weight is 411 g/mol. The molecule has 5 nitrogen and oxygen atoms in total. The molecule has 0 aliphatic heterocycles. The number of halogens is 9. The van der Waals surface area contributed by atoms with E-state index in [1.807, 2.05) is 0 Å². The predicted molar refractivity (Wildman–Crippen MR) is 63.1 cm³/mol. The van der Waals surface area contributed by atoms with Crippen molar-refractivity contribution in [3.8, 4) is 0 Å². The second-order valence-corrected chi connectivity index (χ2v) is 6.12. The van der Waals surface area contributed by atoms with Crippen molar-refractivity contribution in [3.05, 3.63) is 11.6 Å². The number of carbonyl (C=O) groups excluding carboxylic acids is 1. The Bertz CT molecular complexity index is 639. The maximum atomic E-state index is 13.2. The Morgan fingerprint density at radius 2 is 1.44 bits per heavy atom. The van der Waals surface area contributed by atoms with Crippen LogP contribution in [-0.4, -0.2) is 37.7 Å². The Labute approximate surface area is 134 Å². The molecule has 0 amide bonds. The minimum atomic E-state index is -7.41. The molecule has 0 spiro atoms. The lowest BCUT2D eigenvalue weighted by atomic mass is 10.1. The van der Waals surface area contributed by atoms with Gasteiger partial charge in [-0.3, -0.25) is 0 Å². The highest BCUT2D eigenvalue weighted by Gasteiger charge is 2.85. The van der Waals surface area contributed by atoms with Gasteiger partial charge in [-0.1, -0.05) is 13.0 Å². The van der Waals surface area contributed by atoms with Gasteiger partial charge in [0.2, 0.25) is 0 Å². The van der Waals surface area contributed by atoms with E-state index in [0.717, 1.165) is 13.0 Å². The van der Waals surface area contributed by atoms with Gasteiger partial charge in [0.1, 0.15) is 0 Å². The van der Waals surface area contributed by atoms with E-state index in [9.17, 15) is 52.7 Å². The number of sulfonamides is 1. The molecule has 0 atom stereocenters. The van der Waals surface area contributed by atoms with E-state index in [-0.39, 0.29) is 16.9 Å². The first-order valence-corrected chi connectivity index (χ1v) is 7.44. The molecule has 1 N–H and O–H groups in total. The third-order valence-corrected chi connectivity index (χ3v) is 3.76. The molecular weight excluding hydrogens is 401 g/mol. The number of allylic oxidation sites excluding steroid dienone is 1. The summed E-state index contributed by atoms with van der Waals surface area (Å²) >= 11 is 0. The molecular formula is C10H10F9NO4S. The van der Waals surface area contributed by atoms with Crippen LogP contribution in [0.5, 0.6) is 0 Å². The summed E-state index contributed by atoms with van der Waals surface area (Å²) in [5.41, 5.74) is -0.388.